The highest BCUT2D eigenvalue weighted by atomic mass is 16.3. The maximum absolute atomic E-state index is 12.1. The van der Waals surface area contributed by atoms with Crippen LogP contribution < -0.4 is 11.1 Å². The Morgan fingerprint density at radius 2 is 1.69 bits per heavy atom. The zero-order valence-electron chi connectivity index (χ0n) is 11.3. The van der Waals surface area contributed by atoms with E-state index in [0.29, 0.717) is 6.42 Å². The largest absolute Gasteiger partial charge is 0.394 e. The van der Waals surface area contributed by atoms with Gasteiger partial charge in [-0.25, -0.2) is 0 Å². The van der Waals surface area contributed by atoms with Gasteiger partial charge in [-0.2, -0.15) is 0 Å². The van der Waals surface area contributed by atoms with Gasteiger partial charge in [0.15, 0.2) is 0 Å². The van der Waals surface area contributed by atoms with Crippen molar-refractivity contribution in [1.29, 1.82) is 0 Å². The molecule has 0 aliphatic rings. The Bertz CT molecular complexity index is 250. The number of hydrogen-bond donors (Lipinski definition) is 3. The maximum atomic E-state index is 12.1. The second kappa shape index (κ2) is 4.72. The standard InChI is InChI=1S/C12H26N2O2/c1-7-12(6,8-15)14-9(16)10(2,3)11(4,5)13/h15H,7-8,13H2,1-6H3,(H,14,16). The summed E-state index contributed by atoms with van der Waals surface area (Å²) < 4.78 is 0. The van der Waals surface area contributed by atoms with Crippen molar-refractivity contribution in [3.63, 3.8) is 0 Å². The van der Waals surface area contributed by atoms with Crippen LogP contribution in [0.2, 0.25) is 0 Å². The molecule has 16 heavy (non-hydrogen) atoms. The molecule has 1 amide bonds. The third kappa shape index (κ3) is 3.19. The highest BCUT2D eigenvalue weighted by Crippen LogP contribution is 2.29. The van der Waals surface area contributed by atoms with E-state index in [4.69, 9.17) is 5.73 Å². The van der Waals surface area contributed by atoms with E-state index in [1.54, 1.807) is 0 Å². The molecule has 0 heterocycles. The van der Waals surface area contributed by atoms with Crippen molar-refractivity contribution in [2.75, 3.05) is 6.61 Å². The van der Waals surface area contributed by atoms with Crippen molar-refractivity contribution in [3.05, 3.63) is 0 Å². The van der Waals surface area contributed by atoms with Crippen molar-refractivity contribution in [2.24, 2.45) is 11.1 Å². The number of nitrogens with one attached hydrogen (secondary N) is 1. The van der Waals surface area contributed by atoms with Crippen LogP contribution in [0, 0.1) is 5.41 Å². The van der Waals surface area contributed by atoms with Crippen molar-refractivity contribution >= 4 is 5.91 Å². The predicted molar refractivity (Wildman–Crippen MR) is 66.0 cm³/mol. The molecule has 0 saturated carbocycles. The molecule has 4 N–H and O–H groups in total. The third-order valence-electron chi connectivity index (χ3n) is 3.72. The summed E-state index contributed by atoms with van der Waals surface area (Å²) in [7, 11) is 0. The molecule has 0 bridgehead atoms. The average molecular weight is 230 g/mol. The van der Waals surface area contributed by atoms with Crippen LogP contribution >= 0.6 is 0 Å². The molecule has 0 spiro atoms. The van der Waals surface area contributed by atoms with E-state index in [-0.39, 0.29) is 12.5 Å². The Morgan fingerprint density at radius 1 is 1.25 bits per heavy atom. The fourth-order valence-corrected chi connectivity index (χ4v) is 0.963. The van der Waals surface area contributed by atoms with Gasteiger partial charge in [-0.05, 0) is 41.0 Å². The minimum Gasteiger partial charge on any atom is -0.394 e. The lowest BCUT2D eigenvalue weighted by Gasteiger charge is -2.40. The number of aliphatic hydroxyl groups is 1. The highest BCUT2D eigenvalue weighted by molar-refractivity contribution is 5.84. The van der Waals surface area contributed by atoms with Gasteiger partial charge in [0.05, 0.1) is 17.6 Å². The lowest BCUT2D eigenvalue weighted by molar-refractivity contribution is -0.134. The molecule has 0 saturated heterocycles. The number of amides is 1. The van der Waals surface area contributed by atoms with Gasteiger partial charge in [0.2, 0.25) is 5.91 Å². The van der Waals surface area contributed by atoms with Gasteiger partial charge in [0, 0.05) is 5.54 Å². The van der Waals surface area contributed by atoms with Crippen LogP contribution in [-0.4, -0.2) is 28.7 Å². The number of aliphatic hydroxyl groups excluding tert-OH is 1. The number of nitrogens with two attached hydrogens (primary N) is 1. The summed E-state index contributed by atoms with van der Waals surface area (Å²) in [5.74, 6) is -0.126. The number of carbonyl (C=O) groups excluding carboxylic acids is 1. The Balaban J connectivity index is 4.84. The van der Waals surface area contributed by atoms with Crippen LogP contribution in [-0.2, 0) is 4.79 Å². The first kappa shape index (κ1) is 15.4. The lowest BCUT2D eigenvalue weighted by atomic mass is 9.74. The minimum absolute atomic E-state index is 0.0731. The first-order chi connectivity index (χ1) is 7.00. The van der Waals surface area contributed by atoms with Crippen molar-refractivity contribution in [2.45, 2.75) is 59.0 Å². The van der Waals surface area contributed by atoms with Crippen LogP contribution in [0.1, 0.15) is 48.0 Å². The summed E-state index contributed by atoms with van der Waals surface area (Å²) in [6.45, 7) is 11.0. The molecule has 0 rings (SSSR count). The normalized spacial score (nSPS) is 16.8. The molecule has 0 radical (unpaired) electrons. The van der Waals surface area contributed by atoms with Gasteiger partial charge in [-0.1, -0.05) is 6.92 Å². The van der Waals surface area contributed by atoms with Crippen molar-refractivity contribution in [3.8, 4) is 0 Å². The summed E-state index contributed by atoms with van der Waals surface area (Å²) in [6.07, 6.45) is 0.677. The quantitative estimate of drug-likeness (QED) is 0.660. The molecule has 0 aromatic heterocycles. The van der Waals surface area contributed by atoms with E-state index in [2.05, 4.69) is 5.32 Å². The molecular formula is C12H26N2O2. The van der Waals surface area contributed by atoms with E-state index in [0.717, 1.165) is 0 Å². The van der Waals surface area contributed by atoms with Gasteiger partial charge in [-0.15, -0.1) is 0 Å². The number of hydrogen-bond acceptors (Lipinski definition) is 3. The van der Waals surface area contributed by atoms with E-state index >= 15 is 0 Å². The van der Waals surface area contributed by atoms with E-state index < -0.39 is 16.5 Å². The first-order valence-corrected chi connectivity index (χ1v) is 5.72. The van der Waals surface area contributed by atoms with Crippen molar-refractivity contribution < 1.29 is 9.90 Å². The van der Waals surface area contributed by atoms with E-state index in [1.165, 1.54) is 0 Å². The Morgan fingerprint density at radius 3 is 1.94 bits per heavy atom. The second-order valence-corrected chi connectivity index (χ2v) is 5.87. The Hall–Kier alpha value is -0.610. The van der Waals surface area contributed by atoms with Gasteiger partial charge in [-0.3, -0.25) is 4.79 Å². The molecule has 96 valence electrons. The Labute approximate surface area is 98.6 Å². The zero-order chi connectivity index (χ0) is 13.2. The number of carbonyl (C=O) groups is 1. The molecule has 4 nitrogen and oxygen atoms in total. The Kier molecular flexibility index (Phi) is 4.54. The molecule has 0 fully saturated rings. The fourth-order valence-electron chi connectivity index (χ4n) is 0.963. The monoisotopic (exact) mass is 230 g/mol. The van der Waals surface area contributed by atoms with Gasteiger partial charge in [0.1, 0.15) is 0 Å². The van der Waals surface area contributed by atoms with Gasteiger partial charge >= 0.3 is 0 Å². The van der Waals surface area contributed by atoms with Crippen LogP contribution in [0.3, 0.4) is 0 Å². The summed E-state index contributed by atoms with van der Waals surface area (Å²) in [5.41, 5.74) is 4.13. The summed E-state index contributed by atoms with van der Waals surface area (Å²) in [4.78, 5) is 12.1. The second-order valence-electron chi connectivity index (χ2n) is 5.87. The zero-order valence-corrected chi connectivity index (χ0v) is 11.3. The number of rotatable bonds is 5. The van der Waals surface area contributed by atoms with Gasteiger partial charge < -0.3 is 16.2 Å². The topological polar surface area (TPSA) is 75.3 Å². The minimum atomic E-state index is -0.682. The van der Waals surface area contributed by atoms with E-state index in [9.17, 15) is 9.90 Å². The van der Waals surface area contributed by atoms with Crippen LogP contribution in [0.15, 0.2) is 0 Å². The molecular weight excluding hydrogens is 204 g/mol. The highest BCUT2D eigenvalue weighted by Gasteiger charge is 2.42. The smallest absolute Gasteiger partial charge is 0.227 e. The average Bonchev–Trinajstić information content (AvgIpc) is 2.15. The molecule has 0 aromatic rings. The van der Waals surface area contributed by atoms with Gasteiger partial charge in [0.25, 0.3) is 0 Å². The van der Waals surface area contributed by atoms with Crippen LogP contribution in [0.4, 0.5) is 0 Å². The van der Waals surface area contributed by atoms with Crippen LogP contribution in [0.25, 0.3) is 0 Å². The molecule has 1 atom stereocenters. The van der Waals surface area contributed by atoms with E-state index in [1.807, 2.05) is 41.5 Å². The SMILES string of the molecule is CCC(C)(CO)NC(=O)C(C)(C)C(C)(C)N. The molecule has 0 aliphatic carbocycles. The molecule has 0 aliphatic heterocycles. The first-order valence-electron chi connectivity index (χ1n) is 5.72. The summed E-state index contributed by atoms with van der Waals surface area (Å²) in [5, 5.41) is 12.1. The maximum Gasteiger partial charge on any atom is 0.227 e. The molecule has 4 heteroatoms. The fraction of sp³-hybridized carbons (Fsp3) is 0.917. The third-order valence-corrected chi connectivity index (χ3v) is 3.72. The summed E-state index contributed by atoms with van der Waals surface area (Å²) in [6, 6.07) is 0. The van der Waals surface area contributed by atoms with Crippen LogP contribution in [0.5, 0.6) is 0 Å². The molecule has 1 unspecified atom stereocenters. The lowest BCUT2D eigenvalue weighted by Crippen LogP contribution is -2.60. The summed E-state index contributed by atoms with van der Waals surface area (Å²) >= 11 is 0. The van der Waals surface area contributed by atoms with Crippen molar-refractivity contribution in [1.82, 2.24) is 5.32 Å². The predicted octanol–water partition coefficient (Wildman–Crippen LogP) is 1.03. The molecule has 0 aromatic carbocycles.